The molecule has 19 heavy (non-hydrogen) atoms. The lowest BCUT2D eigenvalue weighted by atomic mass is 10.2. The summed E-state index contributed by atoms with van der Waals surface area (Å²) in [7, 11) is 1.99. The molecule has 0 atom stereocenters. The molecule has 0 saturated carbocycles. The first-order chi connectivity index (χ1) is 9.04. The normalized spacial score (nSPS) is 10.9. The molecule has 1 N–H and O–H groups in total. The van der Waals surface area contributed by atoms with E-state index in [1.807, 2.05) is 19.2 Å². The van der Waals surface area contributed by atoms with E-state index in [4.69, 9.17) is 16.7 Å². The molecule has 2 aromatic rings. The quantitative estimate of drug-likeness (QED) is 0.921. The summed E-state index contributed by atoms with van der Waals surface area (Å²) >= 11 is 7.44. The monoisotopic (exact) mass is 296 g/mol. The summed E-state index contributed by atoms with van der Waals surface area (Å²) in [6, 6.07) is 7.20. The average Bonchev–Trinajstić information content (AvgIpc) is 2.75. The van der Waals surface area contributed by atoms with Crippen molar-refractivity contribution in [1.82, 2.24) is 9.88 Å². The van der Waals surface area contributed by atoms with Crippen LogP contribution in [0.4, 0.5) is 0 Å². The van der Waals surface area contributed by atoms with Crippen LogP contribution in [0.25, 0.3) is 0 Å². The van der Waals surface area contributed by atoms with Crippen LogP contribution in [0.2, 0.25) is 4.34 Å². The molecule has 2 rings (SSSR count). The molecular formula is C13H13ClN2O2S. The molecule has 0 amide bonds. The predicted octanol–water partition coefficient (Wildman–Crippen LogP) is 3.13. The van der Waals surface area contributed by atoms with Crippen LogP contribution < -0.4 is 0 Å². The molecular weight excluding hydrogens is 284 g/mol. The zero-order valence-corrected chi connectivity index (χ0v) is 11.9. The number of thiophene rings is 1. The summed E-state index contributed by atoms with van der Waals surface area (Å²) in [6.45, 7) is 1.45. The van der Waals surface area contributed by atoms with Crippen molar-refractivity contribution in [3.8, 4) is 0 Å². The second kappa shape index (κ2) is 6.14. The number of nitrogens with zero attached hydrogens (tertiary/aromatic N) is 2. The molecule has 2 aromatic heterocycles. The van der Waals surface area contributed by atoms with Gasteiger partial charge in [0.2, 0.25) is 0 Å². The maximum atomic E-state index is 10.7. The van der Waals surface area contributed by atoms with E-state index in [0.717, 1.165) is 16.6 Å². The summed E-state index contributed by atoms with van der Waals surface area (Å²) in [5.41, 5.74) is 1.05. The molecule has 0 radical (unpaired) electrons. The molecule has 4 nitrogen and oxygen atoms in total. The van der Waals surface area contributed by atoms with Crippen LogP contribution in [0.5, 0.6) is 0 Å². The summed E-state index contributed by atoms with van der Waals surface area (Å²) < 4.78 is 0.785. The summed E-state index contributed by atoms with van der Waals surface area (Å²) in [5, 5.41) is 8.79. The zero-order chi connectivity index (χ0) is 13.8. The van der Waals surface area contributed by atoms with Gasteiger partial charge in [0.05, 0.1) is 15.6 Å². The van der Waals surface area contributed by atoms with Crippen LogP contribution in [-0.2, 0) is 13.1 Å². The van der Waals surface area contributed by atoms with Gasteiger partial charge in [0.25, 0.3) is 0 Å². The Morgan fingerprint density at radius 2 is 2.16 bits per heavy atom. The molecule has 100 valence electrons. The smallest absolute Gasteiger partial charge is 0.337 e. The maximum Gasteiger partial charge on any atom is 0.337 e. The molecule has 0 aliphatic heterocycles. The number of aromatic nitrogens is 1. The fraction of sp³-hybridized carbons (Fsp3) is 0.231. The van der Waals surface area contributed by atoms with Crippen LogP contribution in [-0.4, -0.2) is 28.0 Å². The van der Waals surface area contributed by atoms with Gasteiger partial charge in [-0.15, -0.1) is 11.3 Å². The van der Waals surface area contributed by atoms with Gasteiger partial charge in [0.15, 0.2) is 0 Å². The van der Waals surface area contributed by atoms with Gasteiger partial charge in [-0.3, -0.25) is 9.88 Å². The molecule has 0 saturated heterocycles. The van der Waals surface area contributed by atoms with Crippen LogP contribution in [0, 0.1) is 0 Å². The zero-order valence-electron chi connectivity index (χ0n) is 10.3. The van der Waals surface area contributed by atoms with Crippen molar-refractivity contribution in [2.75, 3.05) is 7.05 Å². The van der Waals surface area contributed by atoms with Crippen LogP contribution in [0.3, 0.4) is 0 Å². The van der Waals surface area contributed by atoms with Crippen LogP contribution in [0.1, 0.15) is 20.9 Å². The van der Waals surface area contributed by atoms with Crippen LogP contribution in [0.15, 0.2) is 30.5 Å². The van der Waals surface area contributed by atoms with E-state index >= 15 is 0 Å². The van der Waals surface area contributed by atoms with Crippen molar-refractivity contribution < 1.29 is 9.90 Å². The first kappa shape index (κ1) is 14.0. The summed E-state index contributed by atoms with van der Waals surface area (Å²) in [4.78, 5) is 18.1. The minimum absolute atomic E-state index is 0.205. The van der Waals surface area contributed by atoms with Gasteiger partial charge in [-0.05, 0) is 31.3 Å². The number of carboxylic acids is 1. The van der Waals surface area contributed by atoms with Crippen molar-refractivity contribution in [2.45, 2.75) is 13.1 Å². The van der Waals surface area contributed by atoms with E-state index in [0.29, 0.717) is 6.54 Å². The Labute approximate surface area is 120 Å². The van der Waals surface area contributed by atoms with E-state index in [1.165, 1.54) is 11.1 Å². The Kier molecular flexibility index (Phi) is 4.52. The summed E-state index contributed by atoms with van der Waals surface area (Å²) in [5.74, 6) is -0.958. The Morgan fingerprint density at radius 1 is 1.37 bits per heavy atom. The minimum Gasteiger partial charge on any atom is -0.478 e. The Morgan fingerprint density at radius 3 is 2.68 bits per heavy atom. The van der Waals surface area contributed by atoms with Crippen LogP contribution >= 0.6 is 22.9 Å². The standard InChI is InChI=1S/C13H13ClN2O2S/c1-16(8-11-4-5-12(14)19-11)7-10-3-2-9(6-15-10)13(17)18/h2-6H,7-8H2,1H3,(H,17,18). The van der Waals surface area contributed by atoms with Gasteiger partial charge >= 0.3 is 5.97 Å². The van der Waals surface area contributed by atoms with Crippen molar-refractivity contribution in [3.05, 3.63) is 50.9 Å². The van der Waals surface area contributed by atoms with E-state index in [-0.39, 0.29) is 5.56 Å². The number of carbonyl (C=O) groups is 1. The second-order valence-corrected chi connectivity index (χ2v) is 6.02. The molecule has 0 bridgehead atoms. The number of rotatable bonds is 5. The van der Waals surface area contributed by atoms with Gasteiger partial charge < -0.3 is 5.11 Å². The molecule has 0 aliphatic rings. The third-order valence-corrected chi connectivity index (χ3v) is 3.77. The lowest BCUT2D eigenvalue weighted by molar-refractivity contribution is 0.0696. The topological polar surface area (TPSA) is 53.4 Å². The number of carboxylic acid groups (broad SMARTS) is 1. The first-order valence-electron chi connectivity index (χ1n) is 5.65. The van der Waals surface area contributed by atoms with Crippen molar-refractivity contribution in [2.24, 2.45) is 0 Å². The van der Waals surface area contributed by atoms with E-state index in [2.05, 4.69) is 9.88 Å². The molecule has 6 heteroatoms. The van der Waals surface area contributed by atoms with Crippen molar-refractivity contribution >= 4 is 28.9 Å². The third-order valence-electron chi connectivity index (χ3n) is 2.56. The number of halogens is 1. The minimum atomic E-state index is -0.958. The lowest BCUT2D eigenvalue weighted by Gasteiger charge is -2.14. The molecule has 2 heterocycles. The number of hydrogen-bond donors (Lipinski definition) is 1. The van der Waals surface area contributed by atoms with Gasteiger partial charge in [0.1, 0.15) is 0 Å². The fourth-order valence-corrected chi connectivity index (χ4v) is 2.85. The number of pyridine rings is 1. The first-order valence-corrected chi connectivity index (χ1v) is 6.85. The third kappa shape index (κ3) is 4.02. The van der Waals surface area contributed by atoms with Crippen molar-refractivity contribution in [1.29, 1.82) is 0 Å². The highest BCUT2D eigenvalue weighted by molar-refractivity contribution is 7.16. The highest BCUT2D eigenvalue weighted by Crippen LogP contribution is 2.22. The lowest BCUT2D eigenvalue weighted by Crippen LogP contribution is -2.17. The Bertz CT molecular complexity index is 568. The maximum absolute atomic E-state index is 10.7. The Balaban J connectivity index is 1.94. The predicted molar refractivity (Wildman–Crippen MR) is 75.7 cm³/mol. The molecule has 0 fully saturated rings. The SMILES string of the molecule is CN(Cc1ccc(C(=O)O)cn1)Cc1ccc(Cl)s1. The molecule has 0 spiro atoms. The largest absolute Gasteiger partial charge is 0.478 e. The molecule has 0 aromatic carbocycles. The molecule has 0 unspecified atom stereocenters. The average molecular weight is 297 g/mol. The van der Waals surface area contributed by atoms with Gasteiger partial charge in [-0.1, -0.05) is 11.6 Å². The number of aromatic carboxylic acids is 1. The Hall–Kier alpha value is -1.43. The molecule has 0 aliphatic carbocycles. The highest BCUT2D eigenvalue weighted by atomic mass is 35.5. The van der Waals surface area contributed by atoms with Gasteiger partial charge in [0, 0.05) is 24.2 Å². The van der Waals surface area contributed by atoms with Gasteiger partial charge in [-0.2, -0.15) is 0 Å². The van der Waals surface area contributed by atoms with E-state index in [9.17, 15) is 4.79 Å². The van der Waals surface area contributed by atoms with Gasteiger partial charge in [-0.25, -0.2) is 4.79 Å². The fourth-order valence-electron chi connectivity index (χ4n) is 1.68. The van der Waals surface area contributed by atoms with E-state index < -0.39 is 5.97 Å². The second-order valence-electron chi connectivity index (χ2n) is 4.22. The number of hydrogen-bond acceptors (Lipinski definition) is 4. The van der Waals surface area contributed by atoms with Crippen molar-refractivity contribution in [3.63, 3.8) is 0 Å². The van der Waals surface area contributed by atoms with E-state index in [1.54, 1.807) is 23.5 Å². The highest BCUT2D eigenvalue weighted by Gasteiger charge is 2.07. The summed E-state index contributed by atoms with van der Waals surface area (Å²) in [6.07, 6.45) is 1.38.